The molecule has 0 fully saturated rings. The van der Waals surface area contributed by atoms with Gasteiger partial charge in [0, 0.05) is 17.7 Å². The fraction of sp³-hybridized carbons (Fsp3) is 0. The number of thiol groups is 1. The molecule has 0 aliphatic heterocycles. The quantitative estimate of drug-likeness (QED) is 0.157. The molecule has 7 heteroatoms. The fourth-order valence-electron chi connectivity index (χ4n) is 4.14. The average molecular weight is 484 g/mol. The van der Waals surface area contributed by atoms with Gasteiger partial charge in [-0.25, -0.2) is 0 Å². The Morgan fingerprint density at radius 2 is 1.15 bits per heavy atom. The van der Waals surface area contributed by atoms with Crippen molar-refractivity contribution in [3.63, 3.8) is 0 Å². The number of aromatic nitrogens is 1. The number of oxazole rings is 1. The normalized spacial score (nSPS) is 11.3. The molecule has 0 amide bonds. The molecular formula is C27H20N2O3PS+. The third-order valence-corrected chi connectivity index (χ3v) is 10.3. The van der Waals surface area contributed by atoms with Crippen molar-refractivity contribution in [3.8, 4) is 11.5 Å². The zero-order valence-corrected chi connectivity index (χ0v) is 19.8. The smallest absolute Gasteiger partial charge is 0.269 e. The summed E-state index contributed by atoms with van der Waals surface area (Å²) in [7, 11) is -2.46. The summed E-state index contributed by atoms with van der Waals surface area (Å²) >= 11 is 4.76. The maximum Gasteiger partial charge on any atom is 0.269 e. The highest BCUT2D eigenvalue weighted by Crippen LogP contribution is 2.55. The van der Waals surface area contributed by atoms with Gasteiger partial charge in [0.2, 0.25) is 11.0 Å². The standard InChI is InChI=1S/C27H19N2O3PS/c30-29(31)21-18-16-20(17-19-21)25-28-26(27(34)32-25)33(22-10-4-1-5-11-22,23-12-6-2-7-13-23)24-14-8-3-9-15-24/h1-19H/p+1. The molecule has 0 bridgehead atoms. The summed E-state index contributed by atoms with van der Waals surface area (Å²) in [6.45, 7) is 0. The van der Waals surface area contributed by atoms with Gasteiger partial charge >= 0.3 is 0 Å². The number of nitro groups is 1. The average Bonchev–Trinajstić information content (AvgIpc) is 3.28. The number of nitrogens with zero attached hydrogens (tertiary/aromatic N) is 2. The highest BCUT2D eigenvalue weighted by molar-refractivity contribution is 8.02. The summed E-state index contributed by atoms with van der Waals surface area (Å²) in [5.74, 6) is 0.377. The minimum absolute atomic E-state index is 0.0151. The van der Waals surface area contributed by atoms with Crippen LogP contribution in [-0.2, 0) is 0 Å². The van der Waals surface area contributed by atoms with E-state index in [9.17, 15) is 10.1 Å². The van der Waals surface area contributed by atoms with Gasteiger partial charge in [0.05, 0.1) is 4.92 Å². The molecule has 5 nitrogen and oxygen atoms in total. The molecule has 0 saturated heterocycles. The van der Waals surface area contributed by atoms with Gasteiger partial charge < -0.3 is 4.42 Å². The highest BCUT2D eigenvalue weighted by Gasteiger charge is 2.52. The number of non-ortho nitro benzene ring substituents is 1. The van der Waals surface area contributed by atoms with Gasteiger partial charge in [-0.05, 0) is 48.5 Å². The summed E-state index contributed by atoms with van der Waals surface area (Å²) in [4.78, 5) is 15.6. The molecule has 166 valence electrons. The van der Waals surface area contributed by atoms with Gasteiger partial charge in [0.25, 0.3) is 11.1 Å². The molecule has 5 aromatic rings. The molecule has 5 rings (SSSR count). The predicted molar refractivity (Wildman–Crippen MR) is 141 cm³/mol. The zero-order valence-electron chi connectivity index (χ0n) is 18.0. The fourth-order valence-corrected chi connectivity index (χ4v) is 8.79. The molecular weight excluding hydrogens is 463 g/mol. The van der Waals surface area contributed by atoms with E-state index in [-0.39, 0.29) is 5.69 Å². The lowest BCUT2D eigenvalue weighted by molar-refractivity contribution is -0.384. The third kappa shape index (κ3) is 3.81. The lowest BCUT2D eigenvalue weighted by atomic mass is 10.2. The van der Waals surface area contributed by atoms with Gasteiger partial charge in [-0.15, -0.1) is 0 Å². The van der Waals surface area contributed by atoms with Crippen molar-refractivity contribution in [2.24, 2.45) is 0 Å². The van der Waals surface area contributed by atoms with Crippen molar-refractivity contribution >= 4 is 46.9 Å². The van der Waals surface area contributed by atoms with Crippen molar-refractivity contribution in [3.05, 3.63) is 125 Å². The Morgan fingerprint density at radius 1 is 0.706 bits per heavy atom. The largest absolute Gasteiger partial charge is 0.426 e. The molecule has 0 spiro atoms. The first-order valence-corrected chi connectivity index (χ1v) is 12.9. The van der Waals surface area contributed by atoms with Gasteiger partial charge in [-0.1, -0.05) is 67.2 Å². The van der Waals surface area contributed by atoms with E-state index >= 15 is 0 Å². The lowest BCUT2D eigenvalue weighted by Crippen LogP contribution is -2.39. The van der Waals surface area contributed by atoms with Crippen LogP contribution in [0.1, 0.15) is 0 Å². The van der Waals surface area contributed by atoms with Gasteiger partial charge in [0.1, 0.15) is 15.9 Å². The Bertz CT molecular complexity index is 1330. The van der Waals surface area contributed by atoms with Crippen LogP contribution in [0.25, 0.3) is 11.5 Å². The second-order valence-electron chi connectivity index (χ2n) is 7.63. The van der Waals surface area contributed by atoms with Crippen LogP contribution in [0, 0.1) is 10.1 Å². The topological polar surface area (TPSA) is 69.2 Å². The van der Waals surface area contributed by atoms with E-state index in [2.05, 4.69) is 36.4 Å². The molecule has 0 aliphatic rings. The summed E-state index contributed by atoms with van der Waals surface area (Å²) in [5.41, 5.74) is 1.42. The molecule has 0 radical (unpaired) electrons. The molecule has 0 aliphatic carbocycles. The molecule has 1 aromatic heterocycles. The summed E-state index contributed by atoms with van der Waals surface area (Å²) in [5, 5.41) is 14.9. The molecule has 4 aromatic carbocycles. The Labute approximate surface area is 203 Å². The lowest BCUT2D eigenvalue weighted by Gasteiger charge is -2.25. The Morgan fingerprint density at radius 3 is 1.56 bits per heavy atom. The maximum absolute atomic E-state index is 11.1. The Balaban J connectivity index is 1.79. The second kappa shape index (κ2) is 9.26. The van der Waals surface area contributed by atoms with Crippen LogP contribution < -0.4 is 21.3 Å². The second-order valence-corrected chi connectivity index (χ2v) is 11.3. The Kier molecular flexibility index (Phi) is 6.01. The number of rotatable bonds is 6. The van der Waals surface area contributed by atoms with Crippen LogP contribution in [0.3, 0.4) is 0 Å². The van der Waals surface area contributed by atoms with Gasteiger partial charge in [-0.2, -0.15) is 4.98 Å². The van der Waals surface area contributed by atoms with E-state index in [4.69, 9.17) is 22.0 Å². The van der Waals surface area contributed by atoms with Crippen molar-refractivity contribution in [1.82, 2.24) is 4.98 Å². The van der Waals surface area contributed by atoms with Gasteiger partial charge in [-0.3, -0.25) is 10.1 Å². The number of hydrogen-bond donors (Lipinski definition) is 1. The molecule has 0 N–H and O–H groups in total. The van der Waals surface area contributed by atoms with Crippen molar-refractivity contribution in [2.75, 3.05) is 0 Å². The van der Waals surface area contributed by atoms with E-state index in [1.807, 2.05) is 54.6 Å². The van der Waals surface area contributed by atoms with Crippen molar-refractivity contribution in [1.29, 1.82) is 0 Å². The SMILES string of the molecule is O=[N+]([O-])c1ccc(-c2nc([P+](c3ccccc3)(c3ccccc3)c3ccccc3)c(S)o2)cc1. The van der Waals surface area contributed by atoms with Crippen LogP contribution in [0.4, 0.5) is 5.69 Å². The molecule has 1 heterocycles. The van der Waals surface area contributed by atoms with E-state index in [1.165, 1.54) is 12.1 Å². The first-order valence-electron chi connectivity index (χ1n) is 10.6. The molecule has 0 unspecified atom stereocenters. The number of nitro benzene ring substituents is 1. The summed E-state index contributed by atoms with van der Waals surface area (Å²) < 4.78 is 6.08. The molecule has 34 heavy (non-hydrogen) atoms. The molecule has 0 atom stereocenters. The van der Waals surface area contributed by atoms with Crippen LogP contribution >= 0.6 is 19.9 Å². The third-order valence-electron chi connectivity index (χ3n) is 5.67. The zero-order chi connectivity index (χ0) is 23.5. The van der Waals surface area contributed by atoms with E-state index in [1.54, 1.807) is 12.1 Å². The van der Waals surface area contributed by atoms with E-state index in [0.717, 1.165) is 21.3 Å². The molecule has 0 saturated carbocycles. The monoisotopic (exact) mass is 483 g/mol. The minimum Gasteiger partial charge on any atom is -0.426 e. The van der Waals surface area contributed by atoms with Crippen molar-refractivity contribution in [2.45, 2.75) is 5.09 Å². The number of benzene rings is 4. The van der Waals surface area contributed by atoms with E-state index < -0.39 is 12.2 Å². The maximum atomic E-state index is 11.1. The summed E-state index contributed by atoms with van der Waals surface area (Å²) in [6.07, 6.45) is 0. The summed E-state index contributed by atoms with van der Waals surface area (Å²) in [6, 6.07) is 37.2. The predicted octanol–water partition coefficient (Wildman–Crippen LogP) is 5.16. The Hall–Kier alpha value is -3.73. The first kappa shape index (κ1) is 22.1. The van der Waals surface area contributed by atoms with Crippen LogP contribution in [0.15, 0.2) is 125 Å². The van der Waals surface area contributed by atoms with Gasteiger partial charge in [0.15, 0.2) is 7.26 Å². The van der Waals surface area contributed by atoms with Crippen LogP contribution in [0.2, 0.25) is 0 Å². The number of hydrogen-bond acceptors (Lipinski definition) is 5. The minimum atomic E-state index is -2.46. The van der Waals surface area contributed by atoms with Crippen LogP contribution in [-0.4, -0.2) is 9.91 Å². The van der Waals surface area contributed by atoms with Crippen LogP contribution in [0.5, 0.6) is 0 Å². The first-order chi connectivity index (χ1) is 16.6. The highest BCUT2D eigenvalue weighted by atomic mass is 32.1. The van der Waals surface area contributed by atoms with E-state index in [0.29, 0.717) is 16.5 Å². The van der Waals surface area contributed by atoms with Crippen molar-refractivity contribution < 1.29 is 9.34 Å².